The minimum absolute atomic E-state index is 0.736. The summed E-state index contributed by atoms with van der Waals surface area (Å²) in [6.45, 7) is 2.26. The van der Waals surface area contributed by atoms with Crippen LogP contribution in [0.15, 0.2) is 0 Å². The number of nitrogens with zero attached hydrogens (tertiary/aromatic N) is 1. The Hall–Kier alpha value is -0.0800. The Labute approximate surface area is 74.9 Å². The van der Waals surface area contributed by atoms with Crippen LogP contribution in [0.2, 0.25) is 0 Å². The second kappa shape index (κ2) is 3.75. The molecular weight excluding hydrogens is 150 g/mol. The molecule has 0 spiro atoms. The molecule has 0 N–H and O–H groups in total. The molecule has 0 amide bonds. The molecule has 1 unspecified atom stereocenters. The number of methoxy groups -OCH3 is 1. The van der Waals surface area contributed by atoms with Gasteiger partial charge in [0, 0.05) is 19.2 Å². The van der Waals surface area contributed by atoms with Gasteiger partial charge in [-0.25, -0.2) is 0 Å². The van der Waals surface area contributed by atoms with Crippen LogP contribution in [0, 0.1) is 0 Å². The fraction of sp³-hybridized carbons (Fsp3) is 1.00. The van der Waals surface area contributed by atoms with E-state index in [0.717, 1.165) is 18.7 Å². The number of fused-ring (bicyclic) bond motifs is 1. The minimum Gasteiger partial charge on any atom is -0.383 e. The molecular formula is C10H19NO. The molecule has 0 saturated carbocycles. The van der Waals surface area contributed by atoms with E-state index in [9.17, 15) is 0 Å². The van der Waals surface area contributed by atoms with Crippen LogP contribution in [-0.2, 0) is 4.74 Å². The van der Waals surface area contributed by atoms with Crippen molar-refractivity contribution in [1.82, 2.24) is 4.90 Å². The Morgan fingerprint density at radius 2 is 2.17 bits per heavy atom. The zero-order chi connectivity index (χ0) is 8.39. The molecule has 2 heteroatoms. The van der Waals surface area contributed by atoms with Crippen LogP contribution >= 0.6 is 0 Å². The second-order valence-corrected chi connectivity index (χ2v) is 4.07. The van der Waals surface area contributed by atoms with Crippen molar-refractivity contribution in [2.24, 2.45) is 0 Å². The molecule has 0 aromatic carbocycles. The third-order valence-electron chi connectivity index (χ3n) is 3.33. The van der Waals surface area contributed by atoms with Crippen molar-refractivity contribution in [1.29, 1.82) is 0 Å². The van der Waals surface area contributed by atoms with E-state index in [1.807, 2.05) is 7.11 Å². The van der Waals surface area contributed by atoms with E-state index < -0.39 is 0 Å². The smallest absolute Gasteiger partial charge is 0.0618 e. The molecule has 0 aromatic heterocycles. The standard InChI is InChI=1S/C10H19NO/c1-12-8-10-6-5-9-4-2-3-7-11(9)10/h9-10H,2-8H2,1H3/t9?,10-/m0/s1. The maximum absolute atomic E-state index is 5.23. The molecule has 0 aliphatic carbocycles. The van der Waals surface area contributed by atoms with Gasteiger partial charge in [0.05, 0.1) is 6.61 Å². The molecule has 2 atom stereocenters. The van der Waals surface area contributed by atoms with Crippen molar-refractivity contribution in [3.05, 3.63) is 0 Å². The van der Waals surface area contributed by atoms with Crippen molar-refractivity contribution < 1.29 is 4.74 Å². The number of hydrogen-bond acceptors (Lipinski definition) is 2. The predicted octanol–water partition coefficient (Wildman–Crippen LogP) is 1.65. The Bertz CT molecular complexity index is 149. The third kappa shape index (κ3) is 1.50. The highest BCUT2D eigenvalue weighted by atomic mass is 16.5. The highest BCUT2D eigenvalue weighted by Crippen LogP contribution is 2.31. The van der Waals surface area contributed by atoms with E-state index in [1.54, 1.807) is 0 Å². The average molecular weight is 169 g/mol. The molecule has 0 aromatic rings. The number of ether oxygens (including phenoxy) is 1. The van der Waals surface area contributed by atoms with Gasteiger partial charge in [-0.05, 0) is 32.2 Å². The summed E-state index contributed by atoms with van der Waals surface area (Å²) in [5.41, 5.74) is 0. The summed E-state index contributed by atoms with van der Waals surface area (Å²) in [6, 6.07) is 1.64. The van der Waals surface area contributed by atoms with Crippen LogP contribution in [0.5, 0.6) is 0 Å². The van der Waals surface area contributed by atoms with Crippen LogP contribution < -0.4 is 0 Å². The van der Waals surface area contributed by atoms with E-state index in [1.165, 1.54) is 38.6 Å². The van der Waals surface area contributed by atoms with Gasteiger partial charge in [0.2, 0.25) is 0 Å². The molecule has 0 bridgehead atoms. The topological polar surface area (TPSA) is 12.5 Å². The lowest BCUT2D eigenvalue weighted by atomic mass is 10.0. The monoisotopic (exact) mass is 169 g/mol. The summed E-state index contributed by atoms with van der Waals surface area (Å²) in [4.78, 5) is 2.67. The predicted molar refractivity (Wildman–Crippen MR) is 49.2 cm³/mol. The zero-order valence-electron chi connectivity index (χ0n) is 7.96. The molecule has 2 nitrogen and oxygen atoms in total. The Kier molecular flexibility index (Phi) is 2.66. The molecule has 2 aliphatic heterocycles. The first-order valence-electron chi connectivity index (χ1n) is 5.16. The first kappa shape index (κ1) is 8.52. The van der Waals surface area contributed by atoms with Crippen LogP contribution in [0.3, 0.4) is 0 Å². The molecule has 2 saturated heterocycles. The summed E-state index contributed by atoms with van der Waals surface area (Å²) in [5.74, 6) is 0. The van der Waals surface area contributed by atoms with Gasteiger partial charge in [-0.2, -0.15) is 0 Å². The van der Waals surface area contributed by atoms with Crippen LogP contribution in [0.4, 0.5) is 0 Å². The van der Waals surface area contributed by atoms with E-state index in [4.69, 9.17) is 4.74 Å². The minimum atomic E-state index is 0.736. The zero-order valence-corrected chi connectivity index (χ0v) is 7.96. The van der Waals surface area contributed by atoms with E-state index in [-0.39, 0.29) is 0 Å². The fourth-order valence-corrected chi connectivity index (χ4v) is 2.74. The molecule has 2 rings (SSSR count). The van der Waals surface area contributed by atoms with Gasteiger partial charge >= 0.3 is 0 Å². The van der Waals surface area contributed by atoms with Crippen LogP contribution in [-0.4, -0.2) is 37.2 Å². The van der Waals surface area contributed by atoms with Gasteiger partial charge in [-0.15, -0.1) is 0 Å². The summed E-state index contributed by atoms with van der Waals surface area (Å²) in [5, 5.41) is 0. The summed E-state index contributed by atoms with van der Waals surface area (Å²) >= 11 is 0. The fourth-order valence-electron chi connectivity index (χ4n) is 2.74. The van der Waals surface area contributed by atoms with E-state index >= 15 is 0 Å². The Morgan fingerprint density at radius 3 is 3.00 bits per heavy atom. The van der Waals surface area contributed by atoms with Crippen LogP contribution in [0.1, 0.15) is 32.1 Å². The third-order valence-corrected chi connectivity index (χ3v) is 3.33. The van der Waals surface area contributed by atoms with Crippen molar-refractivity contribution in [3.8, 4) is 0 Å². The maximum Gasteiger partial charge on any atom is 0.0618 e. The van der Waals surface area contributed by atoms with Gasteiger partial charge in [0.15, 0.2) is 0 Å². The molecule has 0 radical (unpaired) electrons. The van der Waals surface area contributed by atoms with Gasteiger partial charge in [-0.3, -0.25) is 4.90 Å². The van der Waals surface area contributed by atoms with Gasteiger partial charge in [0.25, 0.3) is 0 Å². The Morgan fingerprint density at radius 1 is 1.25 bits per heavy atom. The number of piperidine rings is 1. The summed E-state index contributed by atoms with van der Waals surface area (Å²) in [6.07, 6.45) is 7.05. The first-order chi connectivity index (χ1) is 5.92. The van der Waals surface area contributed by atoms with Crippen molar-refractivity contribution >= 4 is 0 Å². The Balaban J connectivity index is 1.92. The molecule has 2 heterocycles. The van der Waals surface area contributed by atoms with Gasteiger partial charge in [0.1, 0.15) is 0 Å². The van der Waals surface area contributed by atoms with E-state index in [2.05, 4.69) is 4.90 Å². The quantitative estimate of drug-likeness (QED) is 0.623. The lowest BCUT2D eigenvalue weighted by Crippen LogP contribution is -2.41. The average Bonchev–Trinajstić information content (AvgIpc) is 2.50. The van der Waals surface area contributed by atoms with Crippen molar-refractivity contribution in [2.45, 2.75) is 44.2 Å². The molecule has 70 valence electrons. The van der Waals surface area contributed by atoms with Crippen LogP contribution in [0.25, 0.3) is 0 Å². The molecule has 2 aliphatic rings. The maximum atomic E-state index is 5.23. The normalized spacial score (nSPS) is 36.8. The van der Waals surface area contributed by atoms with Gasteiger partial charge in [-0.1, -0.05) is 6.42 Å². The molecule has 12 heavy (non-hydrogen) atoms. The first-order valence-corrected chi connectivity index (χ1v) is 5.16. The van der Waals surface area contributed by atoms with Gasteiger partial charge < -0.3 is 4.74 Å². The second-order valence-electron chi connectivity index (χ2n) is 4.07. The highest BCUT2D eigenvalue weighted by molar-refractivity contribution is 4.89. The lowest BCUT2D eigenvalue weighted by Gasteiger charge is -2.33. The summed E-state index contributed by atoms with van der Waals surface area (Å²) < 4.78 is 5.23. The highest BCUT2D eigenvalue weighted by Gasteiger charge is 2.34. The van der Waals surface area contributed by atoms with E-state index in [0.29, 0.717) is 0 Å². The number of rotatable bonds is 2. The van der Waals surface area contributed by atoms with Crippen molar-refractivity contribution in [2.75, 3.05) is 20.3 Å². The van der Waals surface area contributed by atoms with Crippen molar-refractivity contribution in [3.63, 3.8) is 0 Å². The number of hydrogen-bond donors (Lipinski definition) is 0. The SMILES string of the molecule is COC[C@@H]1CCC2CCCCN21. The lowest BCUT2D eigenvalue weighted by molar-refractivity contribution is 0.0799. The largest absolute Gasteiger partial charge is 0.383 e. The molecule has 2 fully saturated rings. The summed E-state index contributed by atoms with van der Waals surface area (Å²) in [7, 11) is 1.82.